The van der Waals surface area contributed by atoms with Gasteiger partial charge in [-0.25, -0.2) is 0 Å². The fourth-order valence-electron chi connectivity index (χ4n) is 1.42. The minimum Gasteiger partial charge on any atom is -0.468 e. The number of carbonyl (C=O) groups excluding carboxylic acids is 1. The van der Waals surface area contributed by atoms with Gasteiger partial charge in [-0.1, -0.05) is 0 Å². The van der Waals surface area contributed by atoms with Gasteiger partial charge in [-0.3, -0.25) is 4.79 Å². The molecule has 0 aliphatic carbocycles. The average molecular weight is 338 g/mol. The molecule has 0 bridgehead atoms. The van der Waals surface area contributed by atoms with Gasteiger partial charge in [0.05, 0.1) is 18.2 Å². The minimum absolute atomic E-state index is 0. The van der Waals surface area contributed by atoms with Crippen molar-refractivity contribution >= 4 is 18.4 Å². The van der Waals surface area contributed by atoms with Crippen LogP contribution in [0.5, 0.6) is 0 Å². The predicted molar refractivity (Wildman–Crippen MR) is 62.6 cm³/mol. The molecule has 0 radical (unpaired) electrons. The zero-order chi connectivity index (χ0) is 15.7. The largest absolute Gasteiger partial charge is 0.468 e. The Labute approximate surface area is 121 Å². The van der Waals surface area contributed by atoms with Crippen molar-refractivity contribution in [2.45, 2.75) is 18.4 Å². The molecule has 1 aromatic rings. The molecule has 0 saturated heterocycles. The molecule has 10 heteroatoms. The van der Waals surface area contributed by atoms with E-state index in [2.05, 4.69) is 4.74 Å². The maximum Gasteiger partial charge on any atom is 0.416 e. The Bertz CT molecular complexity index is 482. The number of rotatable bonds is 2. The fourth-order valence-corrected chi connectivity index (χ4v) is 1.42. The van der Waals surface area contributed by atoms with Crippen LogP contribution in [-0.4, -0.2) is 13.1 Å². The van der Waals surface area contributed by atoms with Crippen molar-refractivity contribution < 1.29 is 35.9 Å². The summed E-state index contributed by atoms with van der Waals surface area (Å²) in [5.41, 5.74) is 1.56. The lowest BCUT2D eigenvalue weighted by atomic mass is 10.00. The number of esters is 1. The van der Waals surface area contributed by atoms with Crippen molar-refractivity contribution in [2.24, 2.45) is 5.73 Å². The van der Waals surface area contributed by atoms with Crippen LogP contribution in [0, 0.1) is 0 Å². The number of benzene rings is 1. The first-order valence-corrected chi connectivity index (χ1v) is 5.09. The van der Waals surface area contributed by atoms with Gasteiger partial charge in [0.2, 0.25) is 0 Å². The minimum atomic E-state index is -4.99. The number of alkyl halides is 6. The maximum absolute atomic E-state index is 12.6. The number of nitrogens with two attached hydrogens (primary N) is 1. The predicted octanol–water partition coefficient (Wildman–Crippen LogP) is 3.32. The zero-order valence-corrected chi connectivity index (χ0v) is 11.2. The zero-order valence-electron chi connectivity index (χ0n) is 10.4. The molecule has 21 heavy (non-hydrogen) atoms. The molecule has 0 aliphatic heterocycles. The highest BCUT2D eigenvalue weighted by Gasteiger charge is 2.37. The van der Waals surface area contributed by atoms with Gasteiger partial charge < -0.3 is 10.5 Å². The fraction of sp³-hybridized carbons (Fsp3) is 0.364. The highest BCUT2D eigenvalue weighted by molar-refractivity contribution is 5.85. The summed E-state index contributed by atoms with van der Waals surface area (Å²) >= 11 is 0. The number of hydrogen-bond donors (Lipinski definition) is 1. The van der Waals surface area contributed by atoms with Crippen LogP contribution in [0.4, 0.5) is 26.3 Å². The standard InChI is InChI=1S/C11H9F6NO2.ClH/c1-20-9(19)8(18)5-2-6(10(12,13)14)4-7(3-5)11(15,16)17;/h2-4,8H,18H2,1H3;1H/t8-;/m1./s1. The SMILES string of the molecule is COC(=O)[C@H](N)c1cc(C(F)(F)F)cc(C(F)(F)F)c1.Cl. The van der Waals surface area contributed by atoms with Crippen molar-refractivity contribution in [3.63, 3.8) is 0 Å². The monoisotopic (exact) mass is 337 g/mol. The van der Waals surface area contributed by atoms with Crippen molar-refractivity contribution in [1.29, 1.82) is 0 Å². The van der Waals surface area contributed by atoms with Crippen LogP contribution in [0.1, 0.15) is 22.7 Å². The Balaban J connectivity index is 0.00000400. The smallest absolute Gasteiger partial charge is 0.416 e. The van der Waals surface area contributed by atoms with Crippen LogP contribution in [0.2, 0.25) is 0 Å². The molecule has 0 fully saturated rings. The lowest BCUT2D eigenvalue weighted by molar-refractivity contribution is -0.145. The molecule has 0 amide bonds. The molecule has 2 N–H and O–H groups in total. The molecule has 0 aromatic heterocycles. The summed E-state index contributed by atoms with van der Waals surface area (Å²) < 4.78 is 79.5. The molecule has 1 rings (SSSR count). The summed E-state index contributed by atoms with van der Waals surface area (Å²) in [5, 5.41) is 0. The van der Waals surface area contributed by atoms with Crippen LogP contribution in [-0.2, 0) is 21.9 Å². The van der Waals surface area contributed by atoms with Crippen LogP contribution < -0.4 is 5.73 Å². The summed E-state index contributed by atoms with van der Waals surface area (Å²) in [6.07, 6.45) is -9.99. The lowest BCUT2D eigenvalue weighted by Crippen LogP contribution is -2.24. The van der Waals surface area contributed by atoms with Crippen molar-refractivity contribution in [3.05, 3.63) is 34.9 Å². The van der Waals surface area contributed by atoms with Crippen LogP contribution in [0.3, 0.4) is 0 Å². The van der Waals surface area contributed by atoms with E-state index in [0.29, 0.717) is 12.1 Å². The molecule has 0 aliphatic rings. The first-order valence-electron chi connectivity index (χ1n) is 5.09. The molecule has 120 valence electrons. The molecule has 0 heterocycles. The lowest BCUT2D eigenvalue weighted by Gasteiger charge is -2.16. The molecular formula is C11H10ClF6NO2. The Morgan fingerprint density at radius 2 is 1.43 bits per heavy atom. The number of halogens is 7. The van der Waals surface area contributed by atoms with E-state index in [-0.39, 0.29) is 18.5 Å². The van der Waals surface area contributed by atoms with E-state index in [0.717, 1.165) is 7.11 Å². The van der Waals surface area contributed by atoms with Crippen LogP contribution in [0.25, 0.3) is 0 Å². The highest BCUT2D eigenvalue weighted by atomic mass is 35.5. The molecule has 0 spiro atoms. The Morgan fingerprint density at radius 1 is 1.05 bits per heavy atom. The second-order valence-corrected chi connectivity index (χ2v) is 3.84. The number of hydrogen-bond acceptors (Lipinski definition) is 3. The summed E-state index contributed by atoms with van der Waals surface area (Å²) in [6, 6.07) is -1.01. The third-order valence-electron chi connectivity index (χ3n) is 2.42. The second kappa shape index (κ2) is 6.52. The quantitative estimate of drug-likeness (QED) is 0.665. The van der Waals surface area contributed by atoms with Gasteiger partial charge in [-0.2, -0.15) is 26.3 Å². The highest BCUT2D eigenvalue weighted by Crippen LogP contribution is 2.37. The first-order chi connectivity index (χ1) is 8.96. The van der Waals surface area contributed by atoms with Crippen molar-refractivity contribution in [2.75, 3.05) is 7.11 Å². The maximum atomic E-state index is 12.6. The van der Waals surface area contributed by atoms with Crippen molar-refractivity contribution in [1.82, 2.24) is 0 Å². The molecule has 1 atom stereocenters. The number of carbonyl (C=O) groups is 1. The Morgan fingerprint density at radius 3 is 1.71 bits per heavy atom. The molecule has 0 saturated carbocycles. The first kappa shape index (κ1) is 19.5. The van der Waals surface area contributed by atoms with E-state index >= 15 is 0 Å². The van der Waals surface area contributed by atoms with Gasteiger partial charge in [0.1, 0.15) is 6.04 Å². The molecule has 1 aromatic carbocycles. The summed E-state index contributed by atoms with van der Waals surface area (Å²) in [5.74, 6) is -1.14. The van der Waals surface area contributed by atoms with Crippen molar-refractivity contribution in [3.8, 4) is 0 Å². The summed E-state index contributed by atoms with van der Waals surface area (Å²) in [4.78, 5) is 11.1. The van der Waals surface area contributed by atoms with E-state index in [4.69, 9.17) is 5.73 Å². The van der Waals surface area contributed by atoms with Gasteiger partial charge in [-0.15, -0.1) is 12.4 Å². The Kier molecular flexibility index (Phi) is 6.06. The molecular weight excluding hydrogens is 328 g/mol. The van der Waals surface area contributed by atoms with E-state index in [1.54, 1.807) is 0 Å². The third kappa shape index (κ3) is 4.78. The number of ether oxygens (including phenoxy) is 1. The number of methoxy groups -OCH3 is 1. The Hall–Kier alpha value is -1.48. The van der Waals surface area contributed by atoms with Gasteiger partial charge in [-0.05, 0) is 23.8 Å². The van der Waals surface area contributed by atoms with E-state index < -0.39 is 41.1 Å². The van der Waals surface area contributed by atoms with Crippen LogP contribution >= 0.6 is 12.4 Å². The third-order valence-corrected chi connectivity index (χ3v) is 2.42. The summed E-state index contributed by atoms with van der Waals surface area (Å²) in [7, 11) is 0.917. The average Bonchev–Trinajstić information content (AvgIpc) is 2.34. The van der Waals surface area contributed by atoms with E-state index in [1.807, 2.05) is 0 Å². The van der Waals surface area contributed by atoms with Crippen LogP contribution in [0.15, 0.2) is 18.2 Å². The van der Waals surface area contributed by atoms with Gasteiger partial charge >= 0.3 is 18.3 Å². The van der Waals surface area contributed by atoms with Gasteiger partial charge in [0.15, 0.2) is 0 Å². The molecule has 3 nitrogen and oxygen atoms in total. The summed E-state index contributed by atoms with van der Waals surface area (Å²) in [6.45, 7) is 0. The van der Waals surface area contributed by atoms with E-state index in [1.165, 1.54) is 0 Å². The second-order valence-electron chi connectivity index (χ2n) is 3.84. The van der Waals surface area contributed by atoms with E-state index in [9.17, 15) is 31.1 Å². The molecule has 0 unspecified atom stereocenters. The van der Waals surface area contributed by atoms with Gasteiger partial charge in [0, 0.05) is 0 Å². The topological polar surface area (TPSA) is 52.3 Å². The van der Waals surface area contributed by atoms with Gasteiger partial charge in [0.25, 0.3) is 0 Å². The normalized spacial score (nSPS) is 13.3.